The SMILES string of the molecule is c1ccc(-n2ccc3c2ccc2c4ccccc4n(-c4ccc(-c5nc(-c6ccccn6)c6ccsc6n5)cc4)c23)cc1. The molecule has 43 heavy (non-hydrogen) atoms. The fourth-order valence-electron chi connectivity index (χ4n) is 6.20. The molecule has 0 saturated heterocycles. The molecule has 0 unspecified atom stereocenters. The Kier molecular flexibility index (Phi) is 5.30. The summed E-state index contributed by atoms with van der Waals surface area (Å²) in [7, 11) is 0. The smallest absolute Gasteiger partial charge is 0.161 e. The van der Waals surface area contributed by atoms with Crippen molar-refractivity contribution < 1.29 is 0 Å². The van der Waals surface area contributed by atoms with Crippen molar-refractivity contribution >= 4 is 54.3 Å². The second-order valence-corrected chi connectivity index (χ2v) is 11.5. The average Bonchev–Trinajstić information content (AvgIpc) is 3.81. The Morgan fingerprint density at radius 2 is 1.40 bits per heavy atom. The number of para-hydroxylation sites is 2. The molecule has 5 aromatic heterocycles. The van der Waals surface area contributed by atoms with Crippen LogP contribution >= 0.6 is 11.3 Å². The van der Waals surface area contributed by atoms with Gasteiger partial charge in [0.2, 0.25) is 0 Å². The Labute approximate surface area is 251 Å². The van der Waals surface area contributed by atoms with E-state index >= 15 is 0 Å². The highest BCUT2D eigenvalue weighted by Gasteiger charge is 2.18. The van der Waals surface area contributed by atoms with Gasteiger partial charge in [0.25, 0.3) is 0 Å². The van der Waals surface area contributed by atoms with Crippen molar-refractivity contribution in [3.63, 3.8) is 0 Å². The van der Waals surface area contributed by atoms with Gasteiger partial charge < -0.3 is 9.13 Å². The molecule has 9 aromatic rings. The summed E-state index contributed by atoms with van der Waals surface area (Å²) in [6, 6.07) is 42.5. The summed E-state index contributed by atoms with van der Waals surface area (Å²) in [6.07, 6.45) is 3.97. The molecular weight excluding hydrogens is 547 g/mol. The Morgan fingerprint density at radius 3 is 2.26 bits per heavy atom. The Hall–Kier alpha value is -5.59. The molecule has 0 amide bonds. The Morgan fingerprint density at radius 1 is 0.558 bits per heavy atom. The quantitative estimate of drug-likeness (QED) is 0.212. The molecule has 0 radical (unpaired) electrons. The van der Waals surface area contributed by atoms with E-state index in [-0.39, 0.29) is 0 Å². The largest absolute Gasteiger partial charge is 0.316 e. The first-order chi connectivity index (χ1) is 21.3. The van der Waals surface area contributed by atoms with Gasteiger partial charge in [-0.2, -0.15) is 0 Å². The third-order valence-electron chi connectivity index (χ3n) is 8.15. The van der Waals surface area contributed by atoms with E-state index in [0.29, 0.717) is 5.82 Å². The summed E-state index contributed by atoms with van der Waals surface area (Å²) < 4.78 is 4.64. The van der Waals surface area contributed by atoms with Gasteiger partial charge in [-0.25, -0.2) is 9.97 Å². The number of benzene rings is 4. The number of pyridine rings is 1. The van der Waals surface area contributed by atoms with Gasteiger partial charge in [0.05, 0.1) is 22.2 Å². The number of fused-ring (bicyclic) bond motifs is 6. The van der Waals surface area contributed by atoms with E-state index in [1.54, 1.807) is 17.5 Å². The molecule has 0 aliphatic carbocycles. The molecule has 0 atom stereocenters. The lowest BCUT2D eigenvalue weighted by molar-refractivity contribution is 1.13. The molecule has 0 aliphatic rings. The van der Waals surface area contributed by atoms with Crippen molar-refractivity contribution in [2.24, 2.45) is 0 Å². The summed E-state index contributed by atoms with van der Waals surface area (Å²) in [6.45, 7) is 0. The molecule has 6 heteroatoms. The third-order valence-corrected chi connectivity index (χ3v) is 8.96. The van der Waals surface area contributed by atoms with Crippen molar-refractivity contribution in [1.82, 2.24) is 24.1 Å². The molecule has 5 nitrogen and oxygen atoms in total. The van der Waals surface area contributed by atoms with Crippen LogP contribution in [0.4, 0.5) is 0 Å². The van der Waals surface area contributed by atoms with Gasteiger partial charge in [-0.05, 0) is 78.2 Å². The maximum atomic E-state index is 5.00. The van der Waals surface area contributed by atoms with Gasteiger partial charge in [-0.1, -0.05) is 48.5 Å². The van der Waals surface area contributed by atoms with Crippen molar-refractivity contribution in [3.05, 3.63) is 139 Å². The van der Waals surface area contributed by atoms with E-state index in [1.165, 1.54) is 32.7 Å². The minimum Gasteiger partial charge on any atom is -0.316 e. The standard InChI is InChI=1S/C37H23N5S/c1-2-8-25(9-3-1)41-22-19-29-32(41)18-17-28-27-10-4-5-12-33(27)42(35(28)29)26-15-13-24(14-16-26)36-39-34(31-11-6-7-21-38-31)30-20-23-43-37(30)40-36/h1-23H. The van der Waals surface area contributed by atoms with Gasteiger partial charge in [-0.15, -0.1) is 11.3 Å². The van der Waals surface area contributed by atoms with E-state index in [0.717, 1.165) is 38.5 Å². The number of aromatic nitrogens is 5. The fraction of sp³-hybridized carbons (Fsp3) is 0. The maximum Gasteiger partial charge on any atom is 0.161 e. The zero-order valence-corrected chi connectivity index (χ0v) is 23.7. The fourth-order valence-corrected chi connectivity index (χ4v) is 6.96. The van der Waals surface area contributed by atoms with E-state index < -0.39 is 0 Å². The molecule has 0 aliphatic heterocycles. The maximum absolute atomic E-state index is 5.00. The van der Waals surface area contributed by atoms with Crippen LogP contribution in [0.15, 0.2) is 139 Å². The van der Waals surface area contributed by atoms with Crippen LogP contribution in [0.25, 0.3) is 77.1 Å². The van der Waals surface area contributed by atoms with Crippen LogP contribution < -0.4 is 0 Å². The first-order valence-electron chi connectivity index (χ1n) is 14.2. The van der Waals surface area contributed by atoms with Crippen LogP contribution in [-0.2, 0) is 0 Å². The highest BCUT2D eigenvalue weighted by molar-refractivity contribution is 7.16. The average molecular weight is 570 g/mol. The summed E-state index contributed by atoms with van der Waals surface area (Å²) in [5.41, 5.74) is 8.49. The van der Waals surface area contributed by atoms with Crippen LogP contribution in [0.2, 0.25) is 0 Å². The topological polar surface area (TPSA) is 48.5 Å². The highest BCUT2D eigenvalue weighted by Crippen LogP contribution is 2.38. The predicted octanol–water partition coefficient (Wildman–Crippen LogP) is 9.46. The molecular formula is C37H23N5S. The predicted molar refractivity (Wildman–Crippen MR) is 177 cm³/mol. The third kappa shape index (κ3) is 3.74. The first-order valence-corrected chi connectivity index (χ1v) is 15.1. The molecule has 0 fully saturated rings. The Balaban J connectivity index is 1.23. The zero-order chi connectivity index (χ0) is 28.3. The molecule has 5 heterocycles. The molecule has 0 bridgehead atoms. The van der Waals surface area contributed by atoms with Crippen LogP contribution in [0.1, 0.15) is 0 Å². The molecule has 4 aromatic carbocycles. The van der Waals surface area contributed by atoms with Crippen LogP contribution in [0, 0.1) is 0 Å². The lowest BCUT2D eigenvalue weighted by Gasteiger charge is -2.11. The molecule has 0 spiro atoms. The lowest BCUT2D eigenvalue weighted by atomic mass is 10.1. The summed E-state index contributed by atoms with van der Waals surface area (Å²) in [4.78, 5) is 15.5. The highest BCUT2D eigenvalue weighted by atomic mass is 32.1. The summed E-state index contributed by atoms with van der Waals surface area (Å²) in [5.74, 6) is 0.701. The van der Waals surface area contributed by atoms with E-state index in [1.807, 2.05) is 18.2 Å². The minimum atomic E-state index is 0.701. The van der Waals surface area contributed by atoms with Gasteiger partial charge >= 0.3 is 0 Å². The minimum absolute atomic E-state index is 0.701. The second kappa shape index (κ2) is 9.48. The number of thiophene rings is 1. The van der Waals surface area contributed by atoms with Crippen LogP contribution in [-0.4, -0.2) is 24.1 Å². The van der Waals surface area contributed by atoms with Gasteiger partial charge in [0.15, 0.2) is 5.82 Å². The van der Waals surface area contributed by atoms with Crippen molar-refractivity contribution in [3.8, 4) is 34.2 Å². The number of rotatable bonds is 4. The Bertz CT molecular complexity index is 2440. The van der Waals surface area contributed by atoms with Crippen molar-refractivity contribution in [1.29, 1.82) is 0 Å². The van der Waals surface area contributed by atoms with Crippen LogP contribution in [0.5, 0.6) is 0 Å². The summed E-state index contributed by atoms with van der Waals surface area (Å²) >= 11 is 1.63. The molecule has 0 saturated carbocycles. The van der Waals surface area contributed by atoms with Crippen molar-refractivity contribution in [2.75, 3.05) is 0 Å². The number of hydrogen-bond donors (Lipinski definition) is 0. The first kappa shape index (κ1) is 24.1. The van der Waals surface area contributed by atoms with E-state index in [4.69, 9.17) is 9.97 Å². The number of nitrogens with zero attached hydrogens (tertiary/aromatic N) is 5. The second-order valence-electron chi connectivity index (χ2n) is 10.6. The van der Waals surface area contributed by atoms with Gasteiger partial charge in [0.1, 0.15) is 10.5 Å². The monoisotopic (exact) mass is 569 g/mol. The van der Waals surface area contributed by atoms with Gasteiger partial charge in [0, 0.05) is 50.9 Å². The van der Waals surface area contributed by atoms with Crippen molar-refractivity contribution in [2.45, 2.75) is 0 Å². The zero-order valence-electron chi connectivity index (χ0n) is 22.9. The van der Waals surface area contributed by atoms with Crippen LogP contribution in [0.3, 0.4) is 0 Å². The molecule has 0 N–H and O–H groups in total. The molecule has 9 rings (SSSR count). The number of hydrogen-bond acceptors (Lipinski definition) is 4. The normalized spacial score (nSPS) is 11.7. The van der Waals surface area contributed by atoms with Gasteiger partial charge in [-0.3, -0.25) is 4.98 Å². The van der Waals surface area contributed by atoms with E-state index in [9.17, 15) is 0 Å². The lowest BCUT2D eigenvalue weighted by Crippen LogP contribution is -1.97. The van der Waals surface area contributed by atoms with E-state index in [2.05, 4.69) is 129 Å². The summed E-state index contributed by atoms with van der Waals surface area (Å²) in [5, 5.41) is 6.79. The molecule has 202 valence electrons.